The fourth-order valence-electron chi connectivity index (χ4n) is 1.63. The first kappa shape index (κ1) is 16.3. The van der Waals surface area contributed by atoms with Crippen LogP contribution in [-0.2, 0) is 10.0 Å². The average molecular weight is 391 g/mol. The zero-order valence-corrected chi connectivity index (χ0v) is 14.1. The van der Waals surface area contributed by atoms with Crippen LogP contribution in [0.4, 0.5) is 0 Å². The number of benzene rings is 2. The van der Waals surface area contributed by atoms with Gasteiger partial charge in [0.1, 0.15) is 17.3 Å². The molecule has 0 aliphatic carbocycles. The Kier molecular flexibility index (Phi) is 5.64. The van der Waals surface area contributed by atoms with Gasteiger partial charge in [0.25, 0.3) is 0 Å². The Morgan fingerprint density at radius 3 is 2.52 bits per heavy atom. The molecule has 0 aliphatic heterocycles. The molecular formula is C14H13BrClNO3S. The Bertz CT molecular complexity index is 707. The molecule has 112 valence electrons. The number of hydrogen-bond donors (Lipinski definition) is 1. The highest BCUT2D eigenvalue weighted by molar-refractivity contribution is 9.10. The Morgan fingerprint density at radius 1 is 1.14 bits per heavy atom. The lowest BCUT2D eigenvalue weighted by Gasteiger charge is -2.09. The highest BCUT2D eigenvalue weighted by Gasteiger charge is 2.17. The van der Waals surface area contributed by atoms with Gasteiger partial charge in [0.05, 0.1) is 5.02 Å². The lowest BCUT2D eigenvalue weighted by atomic mass is 10.3. The van der Waals surface area contributed by atoms with Gasteiger partial charge < -0.3 is 4.74 Å². The molecule has 0 radical (unpaired) electrons. The number of para-hydroxylation sites is 1. The van der Waals surface area contributed by atoms with E-state index in [2.05, 4.69) is 20.7 Å². The number of hydrogen-bond acceptors (Lipinski definition) is 3. The molecule has 4 nitrogen and oxygen atoms in total. The van der Waals surface area contributed by atoms with Crippen LogP contribution in [0.2, 0.25) is 5.02 Å². The molecule has 0 spiro atoms. The predicted molar refractivity (Wildman–Crippen MR) is 86.3 cm³/mol. The van der Waals surface area contributed by atoms with Gasteiger partial charge in [-0.25, -0.2) is 13.1 Å². The molecule has 7 heteroatoms. The van der Waals surface area contributed by atoms with Crippen molar-refractivity contribution in [2.75, 3.05) is 13.2 Å². The summed E-state index contributed by atoms with van der Waals surface area (Å²) in [7, 11) is -3.64. The molecule has 2 rings (SSSR count). The second kappa shape index (κ2) is 7.26. The molecule has 0 bridgehead atoms. The monoisotopic (exact) mass is 389 g/mol. The summed E-state index contributed by atoms with van der Waals surface area (Å²) >= 11 is 9.18. The van der Waals surface area contributed by atoms with Crippen molar-refractivity contribution >= 4 is 37.6 Å². The van der Waals surface area contributed by atoms with Crippen LogP contribution in [-0.4, -0.2) is 21.6 Å². The predicted octanol–water partition coefficient (Wildman–Crippen LogP) is 3.46. The topological polar surface area (TPSA) is 55.4 Å². The molecule has 0 heterocycles. The van der Waals surface area contributed by atoms with Gasteiger partial charge >= 0.3 is 0 Å². The summed E-state index contributed by atoms with van der Waals surface area (Å²) in [5.41, 5.74) is 0. The number of nitrogens with one attached hydrogen (secondary N) is 1. The Hall–Kier alpha value is -1.08. The van der Waals surface area contributed by atoms with Gasteiger partial charge in [-0.05, 0) is 30.3 Å². The molecule has 0 unspecified atom stereocenters. The first-order chi connectivity index (χ1) is 9.99. The normalized spacial score (nSPS) is 11.3. The van der Waals surface area contributed by atoms with Gasteiger partial charge in [-0.2, -0.15) is 0 Å². The summed E-state index contributed by atoms with van der Waals surface area (Å²) in [4.78, 5) is 0.0482. The van der Waals surface area contributed by atoms with Gasteiger partial charge in [-0.3, -0.25) is 0 Å². The van der Waals surface area contributed by atoms with E-state index in [4.69, 9.17) is 16.3 Å². The maximum atomic E-state index is 12.1. The molecular weight excluding hydrogens is 378 g/mol. The molecule has 0 atom stereocenters. The number of sulfonamides is 1. The van der Waals surface area contributed by atoms with E-state index >= 15 is 0 Å². The van der Waals surface area contributed by atoms with Crippen molar-refractivity contribution in [3.8, 4) is 5.75 Å². The third kappa shape index (κ3) is 4.71. The molecule has 21 heavy (non-hydrogen) atoms. The van der Waals surface area contributed by atoms with Crippen LogP contribution in [0, 0.1) is 0 Å². The van der Waals surface area contributed by atoms with Crippen molar-refractivity contribution in [2.24, 2.45) is 0 Å². The first-order valence-corrected chi connectivity index (χ1v) is 8.77. The molecule has 1 N–H and O–H groups in total. The minimum absolute atomic E-state index is 0.0482. The molecule has 0 aromatic heterocycles. The third-order valence-electron chi connectivity index (χ3n) is 2.59. The summed E-state index contributed by atoms with van der Waals surface area (Å²) in [5.74, 6) is 0.693. The molecule has 0 saturated carbocycles. The lowest BCUT2D eigenvalue weighted by Crippen LogP contribution is -2.28. The maximum absolute atomic E-state index is 12.1. The van der Waals surface area contributed by atoms with Crippen LogP contribution in [0.1, 0.15) is 0 Å². The summed E-state index contributed by atoms with van der Waals surface area (Å²) in [6.45, 7) is 0.390. The molecule has 0 fully saturated rings. The van der Waals surface area contributed by atoms with E-state index in [1.165, 1.54) is 12.1 Å². The number of rotatable bonds is 6. The van der Waals surface area contributed by atoms with E-state index in [0.717, 1.165) is 4.47 Å². The first-order valence-electron chi connectivity index (χ1n) is 6.11. The zero-order valence-electron chi connectivity index (χ0n) is 10.9. The third-order valence-corrected chi connectivity index (χ3v) is 5.03. The van der Waals surface area contributed by atoms with Crippen LogP contribution in [0.25, 0.3) is 0 Å². The smallest absolute Gasteiger partial charge is 0.242 e. The van der Waals surface area contributed by atoms with Gasteiger partial charge in [-0.1, -0.05) is 45.7 Å². The molecule has 0 amide bonds. The van der Waals surface area contributed by atoms with E-state index in [-0.39, 0.29) is 23.1 Å². The summed E-state index contributed by atoms with van der Waals surface area (Å²) in [6.07, 6.45) is 0. The van der Waals surface area contributed by atoms with Crippen LogP contribution in [0.15, 0.2) is 57.9 Å². The highest BCUT2D eigenvalue weighted by atomic mass is 79.9. The molecule has 0 aliphatic rings. The zero-order chi connectivity index (χ0) is 15.3. The van der Waals surface area contributed by atoms with Crippen LogP contribution >= 0.6 is 27.5 Å². The van der Waals surface area contributed by atoms with Crippen LogP contribution < -0.4 is 9.46 Å². The summed E-state index contributed by atoms with van der Waals surface area (Å²) in [5, 5.41) is 0.167. The number of halogens is 2. The maximum Gasteiger partial charge on any atom is 0.242 e. The van der Waals surface area contributed by atoms with Crippen LogP contribution in [0.5, 0.6) is 5.75 Å². The largest absolute Gasteiger partial charge is 0.492 e. The van der Waals surface area contributed by atoms with Crippen molar-refractivity contribution in [3.63, 3.8) is 0 Å². The van der Waals surface area contributed by atoms with E-state index in [0.29, 0.717) is 5.75 Å². The quantitative estimate of drug-likeness (QED) is 0.769. The van der Waals surface area contributed by atoms with E-state index < -0.39 is 10.0 Å². The van der Waals surface area contributed by atoms with E-state index in [1.54, 1.807) is 18.2 Å². The average Bonchev–Trinajstić information content (AvgIpc) is 2.44. The molecule has 2 aromatic rings. The molecule has 0 saturated heterocycles. The van der Waals surface area contributed by atoms with Crippen molar-refractivity contribution in [1.29, 1.82) is 0 Å². The van der Waals surface area contributed by atoms with E-state index in [9.17, 15) is 8.42 Å². The van der Waals surface area contributed by atoms with Crippen molar-refractivity contribution in [1.82, 2.24) is 4.72 Å². The van der Waals surface area contributed by atoms with Crippen molar-refractivity contribution in [2.45, 2.75) is 4.90 Å². The Labute approximate surface area is 137 Å². The standard InChI is InChI=1S/C14H13BrClNO3S/c15-11-6-7-14(13(16)10-11)21(18,19)17-8-9-20-12-4-2-1-3-5-12/h1-7,10,17H,8-9H2. The van der Waals surface area contributed by atoms with Gasteiger partial charge in [-0.15, -0.1) is 0 Å². The summed E-state index contributed by atoms with van der Waals surface area (Å²) < 4.78 is 32.8. The van der Waals surface area contributed by atoms with Gasteiger partial charge in [0, 0.05) is 11.0 Å². The SMILES string of the molecule is O=S(=O)(NCCOc1ccccc1)c1ccc(Br)cc1Cl. The fourth-order valence-corrected chi connectivity index (χ4v) is 3.68. The lowest BCUT2D eigenvalue weighted by molar-refractivity contribution is 0.323. The second-order valence-corrected chi connectivity index (χ2v) is 7.19. The second-order valence-electron chi connectivity index (χ2n) is 4.13. The van der Waals surface area contributed by atoms with Gasteiger partial charge in [0.15, 0.2) is 0 Å². The van der Waals surface area contributed by atoms with E-state index in [1.807, 2.05) is 18.2 Å². The van der Waals surface area contributed by atoms with Crippen LogP contribution in [0.3, 0.4) is 0 Å². The minimum atomic E-state index is -3.64. The Balaban J connectivity index is 1.92. The summed E-state index contributed by atoms with van der Waals surface area (Å²) in [6, 6.07) is 13.8. The van der Waals surface area contributed by atoms with Crippen molar-refractivity contribution in [3.05, 3.63) is 58.0 Å². The minimum Gasteiger partial charge on any atom is -0.492 e. The molecule has 2 aromatic carbocycles. The Morgan fingerprint density at radius 2 is 1.86 bits per heavy atom. The number of ether oxygens (including phenoxy) is 1. The fraction of sp³-hybridized carbons (Fsp3) is 0.143. The van der Waals surface area contributed by atoms with Gasteiger partial charge in [0.2, 0.25) is 10.0 Å². The highest BCUT2D eigenvalue weighted by Crippen LogP contribution is 2.24. The van der Waals surface area contributed by atoms with Crippen molar-refractivity contribution < 1.29 is 13.2 Å².